The number of aliphatic hydroxyl groups is 1. The van der Waals surface area contributed by atoms with E-state index in [0.29, 0.717) is 17.2 Å². The summed E-state index contributed by atoms with van der Waals surface area (Å²) in [6.07, 6.45) is 0.488. The molecule has 1 aliphatic rings. The lowest BCUT2D eigenvalue weighted by atomic mass is 9.91. The summed E-state index contributed by atoms with van der Waals surface area (Å²) in [5.41, 5.74) is 2.72. The van der Waals surface area contributed by atoms with Crippen LogP contribution in [0.15, 0.2) is 83.8 Å². The maximum Gasteiger partial charge on any atom is 0.244 e. The summed E-state index contributed by atoms with van der Waals surface area (Å²) in [5, 5.41) is 9.28. The maximum absolute atomic E-state index is 13.4. The van der Waals surface area contributed by atoms with Gasteiger partial charge in [-0.15, -0.1) is 11.8 Å². The lowest BCUT2D eigenvalue weighted by Crippen LogP contribution is -2.39. The van der Waals surface area contributed by atoms with Crippen LogP contribution in [-0.4, -0.2) is 47.9 Å². The van der Waals surface area contributed by atoms with Crippen molar-refractivity contribution in [2.75, 3.05) is 18.9 Å². The molecule has 0 aliphatic carbocycles. The van der Waals surface area contributed by atoms with Gasteiger partial charge in [-0.1, -0.05) is 72.3 Å². The zero-order chi connectivity index (χ0) is 24.1. The van der Waals surface area contributed by atoms with Gasteiger partial charge in [0.15, 0.2) is 5.78 Å². The molecule has 2 unspecified atom stereocenters. The second kappa shape index (κ2) is 11.1. The number of sulfonamides is 1. The molecule has 0 aromatic heterocycles. The van der Waals surface area contributed by atoms with Gasteiger partial charge in [-0.05, 0) is 47.2 Å². The molecule has 1 saturated heterocycles. The van der Waals surface area contributed by atoms with Crippen molar-refractivity contribution in [1.82, 2.24) is 4.31 Å². The van der Waals surface area contributed by atoms with Gasteiger partial charge in [-0.25, -0.2) is 8.42 Å². The Bertz CT molecular complexity index is 1230. The van der Waals surface area contributed by atoms with Crippen LogP contribution in [0.1, 0.15) is 24.3 Å². The molecule has 3 aromatic rings. The molecule has 2 atom stereocenters. The molecule has 0 amide bonds. The second-order valence-corrected chi connectivity index (χ2v) is 11.6. The lowest BCUT2D eigenvalue weighted by molar-refractivity contribution is -0.120. The van der Waals surface area contributed by atoms with Crippen LogP contribution < -0.4 is 0 Å². The molecule has 1 N–H and O–H groups in total. The van der Waals surface area contributed by atoms with Gasteiger partial charge in [-0.3, -0.25) is 4.79 Å². The molecule has 5 nitrogen and oxygen atoms in total. The third kappa shape index (κ3) is 5.39. The summed E-state index contributed by atoms with van der Waals surface area (Å²) in [6.45, 7) is 0.192. The van der Waals surface area contributed by atoms with Crippen LogP contribution in [0.5, 0.6) is 0 Å². The number of carbonyl (C=O) groups excluding carboxylic acids is 1. The van der Waals surface area contributed by atoms with Crippen molar-refractivity contribution >= 4 is 39.2 Å². The SMILES string of the molecule is O=C(CC(CCO)c1ccccc1Cl)C1SCCN1S(=O)(=O)c1ccc(-c2ccccc2)cc1. The van der Waals surface area contributed by atoms with E-state index in [4.69, 9.17) is 11.6 Å². The van der Waals surface area contributed by atoms with Crippen LogP contribution in [-0.2, 0) is 14.8 Å². The van der Waals surface area contributed by atoms with E-state index in [2.05, 4.69) is 0 Å². The van der Waals surface area contributed by atoms with Crippen LogP contribution in [0.2, 0.25) is 5.02 Å². The maximum atomic E-state index is 13.4. The Balaban J connectivity index is 1.53. The Hall–Kier alpha value is -2.16. The average molecular weight is 516 g/mol. The molecular formula is C26H26ClNO4S2. The first-order valence-electron chi connectivity index (χ1n) is 11.1. The summed E-state index contributed by atoms with van der Waals surface area (Å²) >= 11 is 7.67. The quantitative estimate of drug-likeness (QED) is 0.424. The van der Waals surface area contributed by atoms with Crippen LogP contribution in [0, 0.1) is 0 Å². The molecular weight excluding hydrogens is 490 g/mol. The van der Waals surface area contributed by atoms with Crippen LogP contribution >= 0.6 is 23.4 Å². The van der Waals surface area contributed by atoms with Crippen molar-refractivity contribution < 1.29 is 18.3 Å². The number of thioether (sulfide) groups is 1. The smallest absolute Gasteiger partial charge is 0.244 e. The number of rotatable bonds is 9. The zero-order valence-corrected chi connectivity index (χ0v) is 20.9. The number of Topliss-reactive ketones (excluding diaryl/α,β-unsaturated/α-hetero) is 1. The van der Waals surface area contributed by atoms with Crippen LogP contribution in [0.4, 0.5) is 0 Å². The van der Waals surface area contributed by atoms with E-state index in [1.807, 2.05) is 48.5 Å². The van der Waals surface area contributed by atoms with Gasteiger partial charge in [0.1, 0.15) is 5.37 Å². The number of aliphatic hydroxyl groups excluding tert-OH is 1. The van der Waals surface area contributed by atoms with Crippen molar-refractivity contribution in [3.63, 3.8) is 0 Å². The van der Waals surface area contributed by atoms with Gasteiger partial charge in [0.25, 0.3) is 0 Å². The van der Waals surface area contributed by atoms with Crippen molar-refractivity contribution in [3.8, 4) is 11.1 Å². The normalized spacial score (nSPS) is 17.5. The molecule has 34 heavy (non-hydrogen) atoms. The summed E-state index contributed by atoms with van der Waals surface area (Å²) in [7, 11) is -3.84. The van der Waals surface area contributed by atoms with Crippen molar-refractivity contribution in [2.45, 2.75) is 29.0 Å². The lowest BCUT2D eigenvalue weighted by Gasteiger charge is -2.24. The molecule has 1 aliphatic heterocycles. The fraction of sp³-hybridized carbons (Fsp3) is 0.269. The van der Waals surface area contributed by atoms with E-state index in [1.165, 1.54) is 16.1 Å². The number of halogens is 1. The molecule has 3 aromatic carbocycles. The molecule has 0 bridgehead atoms. The molecule has 0 saturated carbocycles. The molecule has 8 heteroatoms. The van der Waals surface area contributed by atoms with Crippen LogP contribution in [0.3, 0.4) is 0 Å². The largest absolute Gasteiger partial charge is 0.396 e. The van der Waals surface area contributed by atoms with Crippen molar-refractivity contribution in [1.29, 1.82) is 0 Å². The summed E-state index contributed by atoms with van der Waals surface area (Å²) < 4.78 is 28.2. The van der Waals surface area contributed by atoms with Gasteiger partial charge in [0, 0.05) is 30.3 Å². The minimum atomic E-state index is -3.84. The highest BCUT2D eigenvalue weighted by Crippen LogP contribution is 2.36. The topological polar surface area (TPSA) is 74.7 Å². The molecule has 0 radical (unpaired) electrons. The predicted molar refractivity (Wildman–Crippen MR) is 138 cm³/mol. The Labute approximate surface area is 209 Å². The fourth-order valence-corrected chi connectivity index (χ4v) is 7.67. The van der Waals surface area contributed by atoms with Gasteiger partial charge in [-0.2, -0.15) is 4.31 Å². The Morgan fingerprint density at radius 1 is 1.00 bits per heavy atom. The molecule has 1 fully saturated rings. The summed E-state index contributed by atoms with van der Waals surface area (Å²) in [4.78, 5) is 13.5. The number of ketones is 1. The minimum Gasteiger partial charge on any atom is -0.396 e. The van der Waals surface area contributed by atoms with Crippen molar-refractivity contribution in [3.05, 3.63) is 89.4 Å². The predicted octanol–water partition coefficient (Wildman–Crippen LogP) is 5.20. The van der Waals surface area contributed by atoms with Crippen molar-refractivity contribution in [2.24, 2.45) is 0 Å². The highest BCUT2D eigenvalue weighted by molar-refractivity contribution is 8.02. The Kier molecular flexibility index (Phi) is 8.11. The van der Waals surface area contributed by atoms with Gasteiger partial charge < -0.3 is 5.11 Å². The third-order valence-corrected chi connectivity index (χ3v) is 9.57. The van der Waals surface area contributed by atoms with E-state index in [1.54, 1.807) is 30.3 Å². The van der Waals surface area contributed by atoms with E-state index in [9.17, 15) is 18.3 Å². The highest BCUT2D eigenvalue weighted by atomic mass is 35.5. The van der Waals surface area contributed by atoms with E-state index >= 15 is 0 Å². The van der Waals surface area contributed by atoms with Crippen LogP contribution in [0.25, 0.3) is 11.1 Å². The van der Waals surface area contributed by atoms with Gasteiger partial charge in [0.05, 0.1) is 4.90 Å². The summed E-state index contributed by atoms with van der Waals surface area (Å²) in [5.74, 6) is 0.0987. The average Bonchev–Trinajstić information content (AvgIpc) is 3.36. The number of hydrogen-bond donors (Lipinski definition) is 1. The first-order chi connectivity index (χ1) is 16.4. The second-order valence-electron chi connectivity index (χ2n) is 8.13. The van der Waals surface area contributed by atoms with E-state index in [0.717, 1.165) is 16.7 Å². The number of benzene rings is 3. The molecule has 0 spiro atoms. The van der Waals surface area contributed by atoms with Gasteiger partial charge in [0.2, 0.25) is 10.0 Å². The number of hydrogen-bond acceptors (Lipinski definition) is 5. The Morgan fingerprint density at radius 2 is 1.65 bits per heavy atom. The third-order valence-electron chi connectivity index (χ3n) is 5.96. The molecule has 1 heterocycles. The zero-order valence-electron chi connectivity index (χ0n) is 18.5. The summed E-state index contributed by atoms with van der Waals surface area (Å²) in [6, 6.07) is 23.8. The molecule has 178 valence electrons. The molecule has 4 rings (SSSR count). The highest BCUT2D eigenvalue weighted by Gasteiger charge is 2.40. The standard InChI is InChI=1S/C26H26ClNO4S2/c27-24-9-5-4-8-23(24)21(14-16-29)18-25(30)26-28(15-17-33-26)34(31,32)22-12-10-20(11-13-22)19-6-2-1-3-7-19/h1-13,21,26,29H,14-18H2. The first kappa shape index (κ1) is 24.9. The van der Waals surface area contributed by atoms with E-state index in [-0.39, 0.29) is 36.2 Å². The van der Waals surface area contributed by atoms with Gasteiger partial charge >= 0.3 is 0 Å². The fourth-order valence-electron chi connectivity index (χ4n) is 4.21. The monoisotopic (exact) mass is 515 g/mol. The first-order valence-corrected chi connectivity index (χ1v) is 14.0. The number of nitrogens with zero attached hydrogens (tertiary/aromatic N) is 1. The number of carbonyl (C=O) groups is 1. The Morgan fingerprint density at radius 3 is 2.32 bits per heavy atom. The van der Waals surface area contributed by atoms with E-state index < -0.39 is 15.4 Å². The minimum absolute atomic E-state index is 0.0866.